The van der Waals surface area contributed by atoms with Crippen LogP contribution < -0.4 is 10.1 Å². The van der Waals surface area contributed by atoms with Gasteiger partial charge in [-0.15, -0.1) is 0 Å². The van der Waals surface area contributed by atoms with Gasteiger partial charge < -0.3 is 19.5 Å². The molecule has 0 bridgehead atoms. The highest BCUT2D eigenvalue weighted by atomic mass is 35.5. The van der Waals surface area contributed by atoms with E-state index in [0.717, 1.165) is 0 Å². The predicted molar refractivity (Wildman–Crippen MR) is 99.3 cm³/mol. The Morgan fingerprint density at radius 2 is 1.63 bits per heavy atom. The number of nitrogens with one attached hydrogen (secondary N) is 1. The Labute approximate surface area is 161 Å². The molecule has 2 aromatic carbocycles. The molecule has 2 aromatic rings. The maximum absolute atomic E-state index is 12.2. The summed E-state index contributed by atoms with van der Waals surface area (Å²) in [5, 5.41) is 3.18. The second-order valence-electron chi connectivity index (χ2n) is 5.34. The smallest absolute Gasteiger partial charge is 0.339 e. The minimum absolute atomic E-state index is 0.0334. The zero-order valence-electron chi connectivity index (χ0n) is 14.8. The van der Waals surface area contributed by atoms with Crippen LogP contribution in [0, 0.1) is 0 Å². The first-order chi connectivity index (χ1) is 12.9. The van der Waals surface area contributed by atoms with Gasteiger partial charge in [0.05, 0.1) is 44.1 Å². The molecule has 0 aliphatic heterocycles. The molecule has 0 atom stereocenters. The molecule has 8 heteroatoms. The van der Waals surface area contributed by atoms with Crippen molar-refractivity contribution in [3.63, 3.8) is 0 Å². The van der Waals surface area contributed by atoms with Crippen LogP contribution in [0.25, 0.3) is 0 Å². The second kappa shape index (κ2) is 9.59. The first-order valence-corrected chi connectivity index (χ1v) is 8.31. The zero-order valence-corrected chi connectivity index (χ0v) is 15.5. The van der Waals surface area contributed by atoms with Crippen molar-refractivity contribution in [2.45, 2.75) is 6.42 Å². The van der Waals surface area contributed by atoms with Crippen molar-refractivity contribution < 1.29 is 28.6 Å². The highest BCUT2D eigenvalue weighted by molar-refractivity contribution is 6.30. The van der Waals surface area contributed by atoms with Crippen molar-refractivity contribution in [3.05, 3.63) is 58.6 Å². The Kier molecular flexibility index (Phi) is 7.19. The number of halogens is 1. The molecule has 142 valence electrons. The molecule has 0 aromatic heterocycles. The average molecular weight is 392 g/mol. The Bertz CT molecular complexity index is 835. The van der Waals surface area contributed by atoms with E-state index in [-0.39, 0.29) is 29.8 Å². The summed E-state index contributed by atoms with van der Waals surface area (Å²) < 4.78 is 14.8. The molecule has 0 saturated heterocycles. The molecule has 0 fully saturated rings. The highest BCUT2D eigenvalue weighted by Crippen LogP contribution is 2.20. The number of hydrogen-bond acceptors (Lipinski definition) is 6. The molecule has 0 unspecified atom stereocenters. The summed E-state index contributed by atoms with van der Waals surface area (Å²) in [5.41, 5.74) is 0.469. The Hall–Kier alpha value is -3.06. The minimum atomic E-state index is -0.640. The van der Waals surface area contributed by atoms with E-state index in [2.05, 4.69) is 10.1 Å². The number of hydrogen-bond donors (Lipinski definition) is 1. The molecule has 0 radical (unpaired) electrons. The van der Waals surface area contributed by atoms with E-state index in [9.17, 15) is 14.4 Å². The first-order valence-electron chi connectivity index (χ1n) is 7.93. The fourth-order valence-corrected chi connectivity index (χ4v) is 2.31. The quantitative estimate of drug-likeness (QED) is 0.728. The number of methoxy groups -OCH3 is 2. The number of benzene rings is 2. The van der Waals surface area contributed by atoms with Gasteiger partial charge in [0.1, 0.15) is 5.75 Å². The maximum atomic E-state index is 12.2. The van der Waals surface area contributed by atoms with E-state index < -0.39 is 17.8 Å². The number of ether oxygens (including phenoxy) is 3. The van der Waals surface area contributed by atoms with E-state index in [0.29, 0.717) is 10.8 Å². The molecule has 1 amide bonds. The molecule has 27 heavy (non-hydrogen) atoms. The summed E-state index contributed by atoms with van der Waals surface area (Å²) in [7, 11) is 2.46. The number of amides is 1. The summed E-state index contributed by atoms with van der Waals surface area (Å²) in [6.45, 7) is 0.123. The van der Waals surface area contributed by atoms with Crippen molar-refractivity contribution in [1.82, 2.24) is 0 Å². The lowest BCUT2D eigenvalue weighted by atomic mass is 10.1. The third-order valence-corrected chi connectivity index (χ3v) is 3.78. The maximum Gasteiger partial charge on any atom is 0.339 e. The lowest BCUT2D eigenvalue weighted by Crippen LogP contribution is -2.18. The monoisotopic (exact) mass is 391 g/mol. The Balaban J connectivity index is 2.04. The largest absolute Gasteiger partial charge is 0.493 e. The van der Waals surface area contributed by atoms with Crippen molar-refractivity contribution in [1.29, 1.82) is 0 Å². The van der Waals surface area contributed by atoms with Crippen LogP contribution in [-0.2, 0) is 14.3 Å². The van der Waals surface area contributed by atoms with E-state index in [4.69, 9.17) is 21.1 Å². The zero-order chi connectivity index (χ0) is 19.8. The standard InChI is InChI=1S/C19H18ClNO6/c1-25-18(23)12-3-8-15(19(24)26-2)16(11-12)21-17(22)9-10-27-14-6-4-13(20)5-7-14/h3-8,11H,9-10H2,1-2H3,(H,21,22). The summed E-state index contributed by atoms with van der Waals surface area (Å²) >= 11 is 5.79. The van der Waals surface area contributed by atoms with Crippen LogP contribution in [-0.4, -0.2) is 38.7 Å². The van der Waals surface area contributed by atoms with E-state index in [1.165, 1.54) is 32.4 Å². The Morgan fingerprint density at radius 3 is 2.26 bits per heavy atom. The molecule has 0 spiro atoms. The van der Waals surface area contributed by atoms with Crippen molar-refractivity contribution in [2.24, 2.45) is 0 Å². The molecular weight excluding hydrogens is 374 g/mol. The summed E-state index contributed by atoms with van der Waals surface area (Å²) in [4.78, 5) is 35.7. The summed E-state index contributed by atoms with van der Waals surface area (Å²) in [6.07, 6.45) is 0.0334. The van der Waals surface area contributed by atoms with Crippen LogP contribution in [0.2, 0.25) is 5.02 Å². The van der Waals surface area contributed by atoms with Crippen LogP contribution in [0.4, 0.5) is 5.69 Å². The lowest BCUT2D eigenvalue weighted by molar-refractivity contribution is -0.116. The van der Waals surface area contributed by atoms with Gasteiger partial charge in [0.2, 0.25) is 5.91 Å². The van der Waals surface area contributed by atoms with Gasteiger partial charge in [-0.25, -0.2) is 9.59 Å². The fraction of sp³-hybridized carbons (Fsp3) is 0.211. The van der Waals surface area contributed by atoms with Gasteiger partial charge in [0.15, 0.2) is 0 Å². The summed E-state index contributed by atoms with van der Waals surface area (Å²) in [6, 6.07) is 10.9. The summed E-state index contributed by atoms with van der Waals surface area (Å²) in [5.74, 6) is -1.04. The van der Waals surface area contributed by atoms with Gasteiger partial charge in [-0.2, -0.15) is 0 Å². The van der Waals surface area contributed by atoms with Crippen LogP contribution in [0.5, 0.6) is 5.75 Å². The normalized spacial score (nSPS) is 10.0. The fourth-order valence-electron chi connectivity index (χ4n) is 2.19. The van der Waals surface area contributed by atoms with Crippen LogP contribution >= 0.6 is 11.6 Å². The van der Waals surface area contributed by atoms with Gasteiger partial charge in [0.25, 0.3) is 0 Å². The predicted octanol–water partition coefficient (Wildman–Crippen LogP) is 3.32. The van der Waals surface area contributed by atoms with E-state index in [1.54, 1.807) is 24.3 Å². The van der Waals surface area contributed by atoms with Crippen molar-refractivity contribution >= 4 is 35.1 Å². The molecule has 2 rings (SSSR count). The SMILES string of the molecule is COC(=O)c1ccc(C(=O)OC)c(NC(=O)CCOc2ccc(Cl)cc2)c1. The van der Waals surface area contributed by atoms with Gasteiger partial charge >= 0.3 is 11.9 Å². The minimum Gasteiger partial charge on any atom is -0.493 e. The number of carbonyl (C=O) groups is 3. The molecular formula is C19H18ClNO6. The number of esters is 2. The van der Waals surface area contributed by atoms with Gasteiger partial charge in [-0.05, 0) is 42.5 Å². The van der Waals surface area contributed by atoms with Crippen molar-refractivity contribution in [3.8, 4) is 5.75 Å². The van der Waals surface area contributed by atoms with Crippen LogP contribution in [0.1, 0.15) is 27.1 Å². The van der Waals surface area contributed by atoms with Gasteiger partial charge in [-0.3, -0.25) is 4.79 Å². The van der Waals surface area contributed by atoms with Gasteiger partial charge in [0, 0.05) is 5.02 Å². The third-order valence-electron chi connectivity index (χ3n) is 3.53. The van der Waals surface area contributed by atoms with Crippen LogP contribution in [0.15, 0.2) is 42.5 Å². The molecule has 0 heterocycles. The van der Waals surface area contributed by atoms with Gasteiger partial charge in [-0.1, -0.05) is 11.6 Å². The van der Waals surface area contributed by atoms with E-state index in [1.807, 2.05) is 0 Å². The van der Waals surface area contributed by atoms with E-state index >= 15 is 0 Å². The first kappa shape index (κ1) is 20.3. The number of carbonyl (C=O) groups excluding carboxylic acids is 3. The highest BCUT2D eigenvalue weighted by Gasteiger charge is 2.17. The topological polar surface area (TPSA) is 90.9 Å². The second-order valence-corrected chi connectivity index (χ2v) is 5.78. The third kappa shape index (κ3) is 5.72. The average Bonchev–Trinajstić information content (AvgIpc) is 2.68. The van der Waals surface area contributed by atoms with Crippen molar-refractivity contribution in [2.75, 3.05) is 26.1 Å². The molecule has 1 N–H and O–H groups in total. The molecule has 0 saturated carbocycles. The number of anilines is 1. The van der Waals surface area contributed by atoms with Crippen LogP contribution in [0.3, 0.4) is 0 Å². The molecule has 7 nitrogen and oxygen atoms in total. The lowest BCUT2D eigenvalue weighted by Gasteiger charge is -2.12. The molecule has 0 aliphatic rings. The molecule has 0 aliphatic carbocycles. The Morgan fingerprint density at radius 1 is 0.963 bits per heavy atom. The number of rotatable bonds is 7.